The number of ketones is 1. The van der Waals surface area contributed by atoms with Gasteiger partial charge in [0.05, 0.1) is 0 Å². The summed E-state index contributed by atoms with van der Waals surface area (Å²) in [5.74, 6) is 7.96. The predicted octanol–water partition coefficient (Wildman–Crippen LogP) is 8.11. The number of carbonyl (C=O) groups excluding carboxylic acids is 1. The Morgan fingerprint density at radius 1 is 0.600 bits per heavy atom. The number of terminal acetylenes is 1. The molecule has 0 atom stereocenters. The fraction of sp³-hybridized carbons (Fsp3) is 0.121. The maximum absolute atomic E-state index is 11.8. The zero-order chi connectivity index (χ0) is 25.6. The number of hydrogen-bond donors (Lipinski definition) is 0. The molecule has 0 N–H and O–H groups in total. The summed E-state index contributed by atoms with van der Waals surface area (Å²) in [6, 6.07) is 31.6. The van der Waals surface area contributed by atoms with Crippen LogP contribution in [0.25, 0.3) is 0 Å². The maximum atomic E-state index is 11.8. The van der Waals surface area contributed by atoms with Crippen molar-refractivity contribution in [1.29, 1.82) is 0 Å². The first kappa shape index (κ1) is 27.6. The lowest BCUT2D eigenvalue weighted by molar-refractivity contribution is 0.105. The topological polar surface area (TPSA) is 17.1 Å². The van der Waals surface area contributed by atoms with Gasteiger partial charge in [0.1, 0.15) is 0 Å². The van der Waals surface area contributed by atoms with Gasteiger partial charge in [-0.3, -0.25) is 4.79 Å². The van der Waals surface area contributed by atoms with E-state index >= 15 is 0 Å². The molecule has 174 valence electrons. The van der Waals surface area contributed by atoms with Crippen molar-refractivity contribution in [3.05, 3.63) is 140 Å². The number of halogens is 1. The summed E-state index contributed by atoms with van der Waals surface area (Å²) in [5, 5.41) is 0. The van der Waals surface area contributed by atoms with E-state index in [4.69, 9.17) is 6.42 Å². The van der Waals surface area contributed by atoms with Crippen molar-refractivity contribution in [2.45, 2.75) is 27.7 Å². The molecule has 2 heteroatoms. The molecule has 1 nitrogen and oxygen atoms in total. The molecule has 0 aliphatic carbocycles. The molecular formula is C33H29IO. The largest absolute Gasteiger partial charge is 0.279 e. The van der Waals surface area contributed by atoms with Gasteiger partial charge in [-0.25, -0.2) is 0 Å². The minimum atomic E-state index is -0.143. The van der Waals surface area contributed by atoms with Crippen molar-refractivity contribution >= 4 is 28.4 Å². The molecule has 0 aliphatic rings. The summed E-state index contributed by atoms with van der Waals surface area (Å²) in [4.78, 5) is 11.8. The van der Waals surface area contributed by atoms with E-state index in [2.05, 4.69) is 71.5 Å². The summed E-state index contributed by atoms with van der Waals surface area (Å²) in [6.45, 7) is 8.15. The SMILES string of the molecule is C#Cc1ccc(C)cc1.Cc1ccc(C#CC(=O)c2ccc(C)cc2)cc1.Cc1ccc(I)cc1. The van der Waals surface area contributed by atoms with E-state index in [0.717, 1.165) is 16.7 Å². The Kier molecular flexibility index (Phi) is 11.5. The second-order valence-corrected chi connectivity index (χ2v) is 9.36. The van der Waals surface area contributed by atoms with Crippen LogP contribution >= 0.6 is 22.6 Å². The number of carbonyl (C=O) groups is 1. The van der Waals surface area contributed by atoms with Gasteiger partial charge in [-0.05, 0) is 92.6 Å². The highest BCUT2D eigenvalue weighted by atomic mass is 127. The monoisotopic (exact) mass is 568 g/mol. The zero-order valence-corrected chi connectivity index (χ0v) is 22.8. The average Bonchev–Trinajstić information content (AvgIpc) is 2.87. The van der Waals surface area contributed by atoms with E-state index in [1.165, 1.54) is 20.3 Å². The lowest BCUT2D eigenvalue weighted by atomic mass is 10.1. The second-order valence-electron chi connectivity index (χ2n) is 8.12. The highest BCUT2D eigenvalue weighted by Gasteiger charge is 2.00. The van der Waals surface area contributed by atoms with E-state index in [9.17, 15) is 4.79 Å². The van der Waals surface area contributed by atoms with Crippen molar-refractivity contribution in [2.75, 3.05) is 0 Å². The molecule has 4 rings (SSSR count). The average molecular weight is 568 g/mol. The lowest BCUT2D eigenvalue weighted by Gasteiger charge is -1.95. The zero-order valence-electron chi connectivity index (χ0n) is 20.6. The Morgan fingerprint density at radius 3 is 1.37 bits per heavy atom. The van der Waals surface area contributed by atoms with Crippen molar-refractivity contribution in [3.8, 4) is 24.2 Å². The molecule has 0 aromatic heterocycles. The van der Waals surface area contributed by atoms with Crippen LogP contribution in [0.2, 0.25) is 0 Å². The number of benzene rings is 4. The van der Waals surface area contributed by atoms with Crippen molar-refractivity contribution < 1.29 is 4.79 Å². The first-order valence-corrected chi connectivity index (χ1v) is 12.3. The van der Waals surface area contributed by atoms with Crippen LogP contribution < -0.4 is 0 Å². The maximum Gasteiger partial charge on any atom is 0.236 e. The molecule has 0 saturated carbocycles. The van der Waals surface area contributed by atoms with Gasteiger partial charge in [0, 0.05) is 20.3 Å². The molecule has 35 heavy (non-hydrogen) atoms. The van der Waals surface area contributed by atoms with Crippen LogP contribution in [0.1, 0.15) is 43.7 Å². The van der Waals surface area contributed by atoms with Crippen LogP contribution in [0.15, 0.2) is 97.1 Å². The molecule has 0 fully saturated rings. The molecule has 0 saturated heterocycles. The van der Waals surface area contributed by atoms with Gasteiger partial charge in [0.25, 0.3) is 0 Å². The molecule has 0 aliphatic heterocycles. The molecule has 4 aromatic carbocycles. The number of Topliss-reactive ketones (excluding diaryl/α,β-unsaturated/α-hetero) is 1. The van der Waals surface area contributed by atoms with Crippen LogP contribution in [0.4, 0.5) is 0 Å². The molecule has 0 bridgehead atoms. The van der Waals surface area contributed by atoms with Crippen LogP contribution in [0.3, 0.4) is 0 Å². The van der Waals surface area contributed by atoms with E-state index in [0.29, 0.717) is 5.56 Å². The summed E-state index contributed by atoms with van der Waals surface area (Å²) in [6.07, 6.45) is 5.15. The van der Waals surface area contributed by atoms with Gasteiger partial charge in [-0.1, -0.05) is 94.8 Å². The predicted molar refractivity (Wildman–Crippen MR) is 157 cm³/mol. The Labute approximate surface area is 223 Å². The normalized spacial score (nSPS) is 9.14. The fourth-order valence-corrected chi connectivity index (χ4v) is 3.09. The lowest BCUT2D eigenvalue weighted by Crippen LogP contribution is -1.94. The number of hydrogen-bond acceptors (Lipinski definition) is 1. The third-order valence-electron chi connectivity index (χ3n) is 4.91. The minimum Gasteiger partial charge on any atom is -0.279 e. The molecule has 0 heterocycles. The minimum absolute atomic E-state index is 0.143. The van der Waals surface area contributed by atoms with Gasteiger partial charge in [-0.2, -0.15) is 0 Å². The van der Waals surface area contributed by atoms with Gasteiger partial charge in [-0.15, -0.1) is 6.42 Å². The molecule has 0 radical (unpaired) electrons. The second kappa shape index (κ2) is 14.6. The van der Waals surface area contributed by atoms with Crippen LogP contribution in [-0.2, 0) is 0 Å². The van der Waals surface area contributed by atoms with Crippen LogP contribution in [-0.4, -0.2) is 5.78 Å². The Hall–Kier alpha value is -3.60. The first-order chi connectivity index (χ1) is 16.8. The first-order valence-electron chi connectivity index (χ1n) is 11.2. The molecule has 0 spiro atoms. The van der Waals surface area contributed by atoms with Crippen molar-refractivity contribution in [3.63, 3.8) is 0 Å². The Balaban J connectivity index is 0.000000211. The summed E-state index contributed by atoms with van der Waals surface area (Å²) >= 11 is 2.30. The fourth-order valence-electron chi connectivity index (χ4n) is 2.73. The van der Waals surface area contributed by atoms with Crippen LogP contribution in [0, 0.1) is 55.4 Å². The standard InChI is InChI=1S/C17H14O.C9H8.C7H7I/c1-13-3-7-15(8-4-13)9-12-17(18)16-10-5-14(2)6-11-16;1-3-9-6-4-8(2)5-7-9;1-6-2-4-7(8)5-3-6/h3-8,10-11H,1-2H3;1,4-7H,2H3;2-5H,1H3. The molecular weight excluding hydrogens is 539 g/mol. The smallest absolute Gasteiger partial charge is 0.236 e. The van der Waals surface area contributed by atoms with Gasteiger partial charge < -0.3 is 0 Å². The Morgan fingerprint density at radius 2 is 0.971 bits per heavy atom. The molecule has 0 unspecified atom stereocenters. The summed E-state index contributed by atoms with van der Waals surface area (Å²) in [7, 11) is 0. The quantitative estimate of drug-likeness (QED) is 0.129. The summed E-state index contributed by atoms with van der Waals surface area (Å²) < 4.78 is 1.30. The third kappa shape index (κ3) is 10.9. The van der Waals surface area contributed by atoms with Gasteiger partial charge in [0.2, 0.25) is 5.78 Å². The van der Waals surface area contributed by atoms with Crippen molar-refractivity contribution in [2.24, 2.45) is 0 Å². The third-order valence-corrected chi connectivity index (χ3v) is 5.63. The van der Waals surface area contributed by atoms with Gasteiger partial charge >= 0.3 is 0 Å². The van der Waals surface area contributed by atoms with Gasteiger partial charge in [0.15, 0.2) is 0 Å². The molecule has 4 aromatic rings. The van der Waals surface area contributed by atoms with E-state index in [1.54, 1.807) is 0 Å². The molecule has 0 amide bonds. The van der Waals surface area contributed by atoms with Crippen molar-refractivity contribution in [1.82, 2.24) is 0 Å². The summed E-state index contributed by atoms with van der Waals surface area (Å²) in [5.41, 5.74) is 7.34. The van der Waals surface area contributed by atoms with E-state index in [-0.39, 0.29) is 5.78 Å². The highest BCUT2D eigenvalue weighted by molar-refractivity contribution is 14.1. The Bertz CT molecular complexity index is 1290. The highest BCUT2D eigenvalue weighted by Crippen LogP contribution is 2.06. The number of aryl methyl sites for hydroxylation is 4. The van der Waals surface area contributed by atoms with E-state index < -0.39 is 0 Å². The number of rotatable bonds is 1. The van der Waals surface area contributed by atoms with E-state index in [1.807, 2.05) is 93.6 Å². The van der Waals surface area contributed by atoms with Crippen LogP contribution in [0.5, 0.6) is 0 Å².